The van der Waals surface area contributed by atoms with Crippen molar-refractivity contribution in [2.75, 3.05) is 39.5 Å². The van der Waals surface area contributed by atoms with Gasteiger partial charge in [-0.25, -0.2) is 0 Å². The summed E-state index contributed by atoms with van der Waals surface area (Å²) in [6.07, 6.45) is 0. The average Bonchev–Trinajstić information content (AvgIpc) is 2.60. The summed E-state index contributed by atoms with van der Waals surface area (Å²) in [5.74, 6) is 1.03. The number of nitrogens with zero attached hydrogens (tertiary/aromatic N) is 1. The Hall–Kier alpha value is -0.883. The lowest BCUT2D eigenvalue weighted by Gasteiger charge is -2.51. The third-order valence-electron chi connectivity index (χ3n) is 6.69. The summed E-state index contributed by atoms with van der Waals surface area (Å²) < 4.78 is 18.0. The van der Waals surface area contributed by atoms with E-state index >= 15 is 0 Å². The highest BCUT2D eigenvalue weighted by Gasteiger charge is 2.48. The van der Waals surface area contributed by atoms with Crippen LogP contribution in [0.4, 0.5) is 0 Å². The third-order valence-corrected chi connectivity index (χ3v) is 12.7. The zero-order valence-corrected chi connectivity index (χ0v) is 19.0. The first-order valence-electron chi connectivity index (χ1n) is 10.5. The van der Waals surface area contributed by atoms with Crippen LogP contribution in [0, 0.1) is 0 Å². The molecule has 2 saturated heterocycles. The van der Waals surface area contributed by atoms with Gasteiger partial charge in [0.15, 0.2) is 0 Å². The molecule has 4 nitrogen and oxygen atoms in total. The number of rotatable bonds is 7. The molecule has 0 saturated carbocycles. The van der Waals surface area contributed by atoms with Crippen LogP contribution in [0.5, 0.6) is 5.75 Å². The van der Waals surface area contributed by atoms with Crippen molar-refractivity contribution in [3.63, 3.8) is 0 Å². The second kappa shape index (κ2) is 8.24. The van der Waals surface area contributed by atoms with Gasteiger partial charge in [0.2, 0.25) is 0 Å². The van der Waals surface area contributed by atoms with Gasteiger partial charge < -0.3 is 13.9 Å². The molecule has 0 radical (unpaired) electrons. The Morgan fingerprint density at radius 1 is 0.852 bits per heavy atom. The smallest absolute Gasteiger partial charge is 0.258 e. The standard InChI is InChI=1S/C22H37NO3Si/c1-17(2)27(18(3)4,19(5)6)26-21-9-7-20(8-10-21)22(15-25-16-22)23-11-13-24-14-12-23/h7-10,17-19H,11-16H2,1-6H3. The van der Waals surface area contributed by atoms with Crippen molar-refractivity contribution < 1.29 is 13.9 Å². The number of hydrogen-bond donors (Lipinski definition) is 0. The molecule has 1 aromatic rings. The van der Waals surface area contributed by atoms with Gasteiger partial charge in [-0.3, -0.25) is 4.90 Å². The Bertz CT molecular complexity index is 583. The highest BCUT2D eigenvalue weighted by atomic mass is 28.4. The number of morpholine rings is 1. The first-order valence-corrected chi connectivity index (χ1v) is 12.7. The normalized spacial score (nSPS) is 20.9. The third kappa shape index (κ3) is 3.71. The summed E-state index contributed by atoms with van der Waals surface area (Å²) in [6.45, 7) is 19.1. The zero-order chi connectivity index (χ0) is 19.7. The molecule has 152 valence electrons. The second-order valence-corrected chi connectivity index (χ2v) is 14.4. The fourth-order valence-corrected chi connectivity index (χ4v) is 10.5. The molecule has 2 fully saturated rings. The van der Waals surface area contributed by atoms with Crippen molar-refractivity contribution in [3.05, 3.63) is 29.8 Å². The van der Waals surface area contributed by atoms with Crippen LogP contribution < -0.4 is 4.43 Å². The first-order chi connectivity index (χ1) is 12.8. The van der Waals surface area contributed by atoms with E-state index in [1.54, 1.807) is 0 Å². The van der Waals surface area contributed by atoms with Gasteiger partial charge >= 0.3 is 0 Å². The van der Waals surface area contributed by atoms with E-state index in [9.17, 15) is 0 Å². The summed E-state index contributed by atoms with van der Waals surface area (Å²) in [6, 6.07) is 8.89. The molecular weight excluding hydrogens is 354 g/mol. The van der Waals surface area contributed by atoms with E-state index in [1.807, 2.05) is 0 Å². The molecule has 2 heterocycles. The van der Waals surface area contributed by atoms with Crippen molar-refractivity contribution in [2.45, 2.75) is 63.7 Å². The molecule has 2 aliphatic rings. The zero-order valence-electron chi connectivity index (χ0n) is 18.0. The molecular formula is C22H37NO3Si. The minimum atomic E-state index is -1.91. The molecule has 0 aromatic heterocycles. The molecule has 5 heteroatoms. The molecule has 0 amide bonds. The van der Waals surface area contributed by atoms with E-state index in [1.165, 1.54) is 5.56 Å². The molecule has 1 aromatic carbocycles. The lowest BCUT2D eigenvalue weighted by atomic mass is 9.85. The summed E-state index contributed by atoms with van der Waals surface area (Å²) in [7, 11) is -1.91. The SMILES string of the molecule is CC(C)[Si](Oc1ccc(C2(N3CCOCC3)COC2)cc1)(C(C)C)C(C)C. The summed E-state index contributed by atoms with van der Waals surface area (Å²) in [5.41, 5.74) is 3.10. The van der Waals surface area contributed by atoms with Crippen LogP contribution in [-0.4, -0.2) is 52.7 Å². The van der Waals surface area contributed by atoms with Gasteiger partial charge in [-0.15, -0.1) is 0 Å². The second-order valence-electron chi connectivity index (χ2n) is 9.07. The Balaban J connectivity index is 1.82. The number of hydrogen-bond acceptors (Lipinski definition) is 4. The van der Waals surface area contributed by atoms with Crippen LogP contribution in [0.15, 0.2) is 24.3 Å². The fraction of sp³-hybridized carbons (Fsp3) is 0.727. The Labute approximate surface area is 166 Å². The average molecular weight is 392 g/mol. The van der Waals surface area contributed by atoms with Crippen LogP contribution in [-0.2, 0) is 15.0 Å². The van der Waals surface area contributed by atoms with Crippen LogP contribution in [0.3, 0.4) is 0 Å². The van der Waals surface area contributed by atoms with Gasteiger partial charge in [0.05, 0.1) is 32.0 Å². The van der Waals surface area contributed by atoms with Crippen molar-refractivity contribution in [2.24, 2.45) is 0 Å². The maximum atomic E-state index is 6.83. The van der Waals surface area contributed by atoms with Crippen LogP contribution >= 0.6 is 0 Å². The van der Waals surface area contributed by atoms with Gasteiger partial charge in [-0.05, 0) is 34.3 Å². The minimum absolute atomic E-state index is 0.0188. The molecule has 0 N–H and O–H groups in total. The van der Waals surface area contributed by atoms with E-state index in [0.29, 0.717) is 16.6 Å². The quantitative estimate of drug-likeness (QED) is 0.625. The summed E-state index contributed by atoms with van der Waals surface area (Å²) >= 11 is 0. The Morgan fingerprint density at radius 3 is 1.78 bits per heavy atom. The highest BCUT2D eigenvalue weighted by molar-refractivity contribution is 6.78. The van der Waals surface area contributed by atoms with Gasteiger partial charge in [-0.2, -0.15) is 0 Å². The molecule has 27 heavy (non-hydrogen) atoms. The van der Waals surface area contributed by atoms with Gasteiger partial charge in [0.25, 0.3) is 8.32 Å². The van der Waals surface area contributed by atoms with E-state index in [-0.39, 0.29) is 5.54 Å². The van der Waals surface area contributed by atoms with E-state index in [0.717, 1.165) is 45.3 Å². The molecule has 0 atom stereocenters. The van der Waals surface area contributed by atoms with E-state index in [2.05, 4.69) is 70.7 Å². The molecule has 3 rings (SSSR count). The number of ether oxygens (including phenoxy) is 2. The monoisotopic (exact) mass is 391 g/mol. The van der Waals surface area contributed by atoms with Crippen molar-refractivity contribution in [3.8, 4) is 5.75 Å². The molecule has 0 aliphatic carbocycles. The van der Waals surface area contributed by atoms with E-state index in [4.69, 9.17) is 13.9 Å². The summed E-state index contributed by atoms with van der Waals surface area (Å²) in [5, 5.41) is 0. The van der Waals surface area contributed by atoms with Crippen molar-refractivity contribution in [1.29, 1.82) is 0 Å². The van der Waals surface area contributed by atoms with Crippen LogP contribution in [0.1, 0.15) is 47.1 Å². The van der Waals surface area contributed by atoms with Gasteiger partial charge in [0.1, 0.15) is 5.75 Å². The fourth-order valence-electron chi connectivity index (χ4n) is 5.21. The molecule has 2 aliphatic heterocycles. The van der Waals surface area contributed by atoms with Crippen LogP contribution in [0.25, 0.3) is 0 Å². The molecule has 0 spiro atoms. The maximum Gasteiger partial charge on any atom is 0.258 e. The van der Waals surface area contributed by atoms with E-state index < -0.39 is 8.32 Å². The maximum absolute atomic E-state index is 6.83. The van der Waals surface area contributed by atoms with Crippen molar-refractivity contribution in [1.82, 2.24) is 4.90 Å². The predicted molar refractivity (Wildman–Crippen MR) is 113 cm³/mol. The van der Waals surface area contributed by atoms with Crippen molar-refractivity contribution >= 4 is 8.32 Å². The topological polar surface area (TPSA) is 30.9 Å². The number of benzene rings is 1. The lowest BCUT2D eigenvalue weighted by Crippen LogP contribution is -2.62. The first kappa shape index (κ1) is 20.8. The highest BCUT2D eigenvalue weighted by Crippen LogP contribution is 2.43. The Kier molecular flexibility index (Phi) is 6.36. The Morgan fingerprint density at radius 2 is 1.37 bits per heavy atom. The lowest BCUT2D eigenvalue weighted by molar-refractivity contribution is -0.166. The van der Waals surface area contributed by atoms with Gasteiger partial charge in [-0.1, -0.05) is 53.7 Å². The molecule has 0 bridgehead atoms. The predicted octanol–water partition coefficient (Wildman–Crippen LogP) is 4.80. The van der Waals surface area contributed by atoms with Crippen LogP contribution in [0.2, 0.25) is 16.6 Å². The largest absolute Gasteiger partial charge is 0.543 e. The minimum Gasteiger partial charge on any atom is -0.543 e. The van der Waals surface area contributed by atoms with Gasteiger partial charge in [0, 0.05) is 13.1 Å². The molecule has 0 unspecified atom stereocenters. The summed E-state index contributed by atoms with van der Waals surface area (Å²) in [4.78, 5) is 2.53.